The molecule has 0 heterocycles. The minimum Gasteiger partial charge on any atom is -0.489 e. The Labute approximate surface area is 123 Å². The van der Waals surface area contributed by atoms with E-state index in [2.05, 4.69) is 42.5 Å². The summed E-state index contributed by atoms with van der Waals surface area (Å²) < 4.78 is 5.94. The Hall–Kier alpha value is -1.99. The van der Waals surface area contributed by atoms with Crippen LogP contribution in [0.1, 0.15) is 11.1 Å². The first-order chi connectivity index (χ1) is 9.88. The lowest BCUT2D eigenvalue weighted by atomic mass is 10.1. The molecule has 3 aromatic rings. The van der Waals surface area contributed by atoms with Gasteiger partial charge in [-0.15, -0.1) is 11.6 Å². The van der Waals surface area contributed by atoms with E-state index in [4.69, 9.17) is 16.3 Å². The van der Waals surface area contributed by atoms with Crippen LogP contribution in [0.5, 0.6) is 5.75 Å². The van der Waals surface area contributed by atoms with Gasteiger partial charge >= 0.3 is 0 Å². The number of alkyl halides is 1. The lowest BCUT2D eigenvalue weighted by Crippen LogP contribution is -1.98. The molecule has 3 rings (SSSR count). The fourth-order valence-electron chi connectivity index (χ4n) is 2.33. The average molecular weight is 283 g/mol. The van der Waals surface area contributed by atoms with Crippen molar-refractivity contribution in [2.24, 2.45) is 0 Å². The molecule has 1 nitrogen and oxygen atoms in total. The Morgan fingerprint density at radius 1 is 0.750 bits per heavy atom. The quantitative estimate of drug-likeness (QED) is 0.601. The number of hydrogen-bond acceptors (Lipinski definition) is 1. The molecule has 100 valence electrons. The summed E-state index contributed by atoms with van der Waals surface area (Å²) in [4.78, 5) is 0. The van der Waals surface area contributed by atoms with Crippen LogP contribution in [-0.2, 0) is 12.5 Å². The normalized spacial score (nSPS) is 10.7. The van der Waals surface area contributed by atoms with Crippen molar-refractivity contribution in [2.45, 2.75) is 12.5 Å². The van der Waals surface area contributed by atoms with E-state index in [0.29, 0.717) is 12.5 Å². The Morgan fingerprint density at radius 2 is 1.45 bits per heavy atom. The highest BCUT2D eigenvalue weighted by molar-refractivity contribution is 6.17. The molecule has 0 atom stereocenters. The van der Waals surface area contributed by atoms with Crippen molar-refractivity contribution in [3.63, 3.8) is 0 Å². The average Bonchev–Trinajstić information content (AvgIpc) is 2.53. The molecule has 0 spiro atoms. The van der Waals surface area contributed by atoms with E-state index in [1.54, 1.807) is 0 Å². The fourth-order valence-corrected chi connectivity index (χ4v) is 2.55. The van der Waals surface area contributed by atoms with Gasteiger partial charge < -0.3 is 4.74 Å². The van der Waals surface area contributed by atoms with Crippen LogP contribution < -0.4 is 4.74 Å². The van der Waals surface area contributed by atoms with Crippen molar-refractivity contribution in [1.29, 1.82) is 0 Å². The smallest absolute Gasteiger partial charge is 0.124 e. The summed E-state index contributed by atoms with van der Waals surface area (Å²) in [7, 11) is 0. The number of halogens is 1. The number of benzene rings is 3. The van der Waals surface area contributed by atoms with E-state index in [1.807, 2.05) is 24.3 Å². The van der Waals surface area contributed by atoms with E-state index in [-0.39, 0.29) is 0 Å². The molecule has 2 heteroatoms. The largest absolute Gasteiger partial charge is 0.489 e. The summed E-state index contributed by atoms with van der Waals surface area (Å²) in [5, 5.41) is 2.47. The highest BCUT2D eigenvalue weighted by Gasteiger charge is 2.04. The first kappa shape index (κ1) is 13.0. The molecule has 0 radical (unpaired) electrons. The van der Waals surface area contributed by atoms with Crippen molar-refractivity contribution >= 4 is 22.4 Å². The van der Waals surface area contributed by atoms with Crippen molar-refractivity contribution in [1.82, 2.24) is 0 Å². The Morgan fingerprint density at radius 3 is 2.35 bits per heavy atom. The predicted octanol–water partition coefficient (Wildman–Crippen LogP) is 5.16. The maximum Gasteiger partial charge on any atom is 0.124 e. The number of fused-ring (bicyclic) bond motifs is 1. The highest BCUT2D eigenvalue weighted by atomic mass is 35.5. The first-order valence-corrected chi connectivity index (χ1v) is 7.15. The Balaban J connectivity index is 1.87. The Kier molecular flexibility index (Phi) is 3.89. The van der Waals surface area contributed by atoms with Gasteiger partial charge in [0.15, 0.2) is 0 Å². The molecule has 0 N–H and O–H groups in total. The molecule has 0 saturated carbocycles. The Bertz CT molecular complexity index is 716. The number of para-hydroxylation sites is 1. The number of ether oxygens (including phenoxy) is 1. The van der Waals surface area contributed by atoms with Gasteiger partial charge in [0.25, 0.3) is 0 Å². The summed E-state index contributed by atoms with van der Waals surface area (Å²) in [5.74, 6) is 1.32. The number of hydrogen-bond donors (Lipinski definition) is 0. The maximum atomic E-state index is 5.94. The van der Waals surface area contributed by atoms with Crippen LogP contribution >= 0.6 is 11.6 Å². The van der Waals surface area contributed by atoms with Crippen molar-refractivity contribution in [3.8, 4) is 5.75 Å². The molecule has 0 aliphatic heterocycles. The van der Waals surface area contributed by atoms with Crippen LogP contribution in [0.2, 0.25) is 0 Å². The van der Waals surface area contributed by atoms with Crippen LogP contribution in [0.25, 0.3) is 10.8 Å². The van der Waals surface area contributed by atoms with Crippen LogP contribution in [0.3, 0.4) is 0 Å². The van der Waals surface area contributed by atoms with Crippen molar-refractivity contribution < 1.29 is 4.74 Å². The SMILES string of the molecule is ClCc1ccccc1OCc1cccc2ccccc12. The minimum atomic E-state index is 0.464. The van der Waals surface area contributed by atoms with E-state index < -0.39 is 0 Å². The van der Waals surface area contributed by atoms with E-state index >= 15 is 0 Å². The van der Waals surface area contributed by atoms with Crippen LogP contribution in [0.15, 0.2) is 66.7 Å². The maximum absolute atomic E-state index is 5.94. The van der Waals surface area contributed by atoms with Crippen LogP contribution in [0, 0.1) is 0 Å². The molecule has 0 aromatic heterocycles. The molecule has 20 heavy (non-hydrogen) atoms. The summed E-state index contributed by atoms with van der Waals surface area (Å²) in [6.45, 7) is 0.551. The zero-order valence-electron chi connectivity index (χ0n) is 11.1. The third kappa shape index (κ3) is 2.63. The van der Waals surface area contributed by atoms with Gasteiger partial charge in [0, 0.05) is 5.56 Å². The third-order valence-corrected chi connectivity index (χ3v) is 3.67. The molecule has 0 fully saturated rings. The first-order valence-electron chi connectivity index (χ1n) is 6.62. The van der Waals surface area contributed by atoms with Gasteiger partial charge in [0.1, 0.15) is 12.4 Å². The molecule has 0 bridgehead atoms. The van der Waals surface area contributed by atoms with E-state index in [1.165, 1.54) is 16.3 Å². The van der Waals surface area contributed by atoms with E-state index in [9.17, 15) is 0 Å². The highest BCUT2D eigenvalue weighted by Crippen LogP contribution is 2.23. The predicted molar refractivity (Wildman–Crippen MR) is 84.3 cm³/mol. The topological polar surface area (TPSA) is 9.23 Å². The number of rotatable bonds is 4. The standard InChI is InChI=1S/C18H15ClO/c19-12-15-7-2-4-11-18(15)20-13-16-9-5-8-14-6-1-3-10-17(14)16/h1-11H,12-13H2. The molecule has 0 aliphatic carbocycles. The zero-order chi connectivity index (χ0) is 13.8. The van der Waals surface area contributed by atoms with Gasteiger partial charge in [-0.3, -0.25) is 0 Å². The minimum absolute atomic E-state index is 0.464. The van der Waals surface area contributed by atoms with Gasteiger partial charge in [0.2, 0.25) is 0 Å². The van der Waals surface area contributed by atoms with Crippen LogP contribution in [-0.4, -0.2) is 0 Å². The molecule has 0 unspecified atom stereocenters. The van der Waals surface area contributed by atoms with Gasteiger partial charge in [-0.2, -0.15) is 0 Å². The fraction of sp³-hybridized carbons (Fsp3) is 0.111. The van der Waals surface area contributed by atoms with Gasteiger partial charge in [-0.05, 0) is 22.4 Å². The van der Waals surface area contributed by atoms with Gasteiger partial charge in [-0.25, -0.2) is 0 Å². The lowest BCUT2D eigenvalue weighted by Gasteiger charge is -2.11. The van der Waals surface area contributed by atoms with Gasteiger partial charge in [0.05, 0.1) is 5.88 Å². The van der Waals surface area contributed by atoms with Gasteiger partial charge in [-0.1, -0.05) is 60.7 Å². The monoisotopic (exact) mass is 282 g/mol. The summed E-state index contributed by atoms with van der Waals surface area (Å²) >= 11 is 5.93. The molecule has 0 amide bonds. The summed E-state index contributed by atoms with van der Waals surface area (Å²) in [6, 6.07) is 22.5. The second kappa shape index (κ2) is 5.98. The molecular weight excluding hydrogens is 268 g/mol. The molecular formula is C18H15ClO. The second-order valence-electron chi connectivity index (χ2n) is 4.67. The third-order valence-electron chi connectivity index (χ3n) is 3.38. The molecule has 3 aromatic carbocycles. The zero-order valence-corrected chi connectivity index (χ0v) is 11.8. The molecule has 0 aliphatic rings. The summed E-state index contributed by atoms with van der Waals surface area (Å²) in [5.41, 5.74) is 2.21. The molecule has 0 saturated heterocycles. The van der Waals surface area contributed by atoms with E-state index in [0.717, 1.165) is 11.3 Å². The van der Waals surface area contributed by atoms with Crippen LogP contribution in [0.4, 0.5) is 0 Å². The summed E-state index contributed by atoms with van der Waals surface area (Å²) in [6.07, 6.45) is 0. The van der Waals surface area contributed by atoms with Crippen molar-refractivity contribution in [3.05, 3.63) is 77.9 Å². The van der Waals surface area contributed by atoms with Crippen molar-refractivity contribution in [2.75, 3.05) is 0 Å². The lowest BCUT2D eigenvalue weighted by molar-refractivity contribution is 0.305. The second-order valence-corrected chi connectivity index (χ2v) is 4.94.